The Morgan fingerprint density at radius 3 is 2.59 bits per heavy atom. The molecule has 3 heteroatoms. The topological polar surface area (TPSA) is 21.3 Å². The summed E-state index contributed by atoms with van der Waals surface area (Å²) >= 11 is 1.88. The van der Waals surface area contributed by atoms with Crippen molar-refractivity contribution in [2.45, 2.75) is 31.2 Å². The van der Waals surface area contributed by atoms with Crippen LogP contribution in [0.5, 0.6) is 0 Å². The lowest BCUT2D eigenvalue weighted by molar-refractivity contribution is 0.119. The first kappa shape index (κ1) is 14.6. The molecule has 0 spiro atoms. The molecule has 1 rings (SSSR count). The van der Waals surface area contributed by atoms with Gasteiger partial charge in [0.05, 0.1) is 6.61 Å². The van der Waals surface area contributed by atoms with E-state index in [9.17, 15) is 0 Å². The van der Waals surface area contributed by atoms with Crippen molar-refractivity contribution in [3.05, 3.63) is 29.8 Å². The predicted molar refractivity (Wildman–Crippen MR) is 75.9 cm³/mol. The van der Waals surface area contributed by atoms with Crippen molar-refractivity contribution in [1.82, 2.24) is 5.32 Å². The zero-order valence-electron chi connectivity index (χ0n) is 11.0. The Morgan fingerprint density at radius 1 is 1.29 bits per heavy atom. The number of benzene rings is 1. The number of hydrogen-bond donors (Lipinski definition) is 1. The fourth-order valence-corrected chi connectivity index (χ4v) is 2.40. The first-order valence-corrected chi connectivity index (χ1v) is 7.19. The molecule has 0 amide bonds. The Bertz CT molecular complexity index is 300. The summed E-state index contributed by atoms with van der Waals surface area (Å²) in [6.45, 7) is 5.90. The highest BCUT2D eigenvalue weighted by molar-refractivity contribution is 7.99. The van der Waals surface area contributed by atoms with Gasteiger partial charge in [-0.3, -0.25) is 0 Å². The molecule has 0 heterocycles. The highest BCUT2D eigenvalue weighted by Gasteiger charge is 2.06. The van der Waals surface area contributed by atoms with E-state index in [1.807, 2.05) is 18.8 Å². The van der Waals surface area contributed by atoms with Crippen molar-refractivity contribution < 1.29 is 4.74 Å². The lowest BCUT2D eigenvalue weighted by atomic mass is 10.2. The van der Waals surface area contributed by atoms with Gasteiger partial charge in [-0.2, -0.15) is 0 Å². The number of rotatable bonds is 8. The molecule has 1 unspecified atom stereocenters. The van der Waals surface area contributed by atoms with Gasteiger partial charge in [-0.25, -0.2) is 0 Å². The molecular formula is C14H23NOS. The van der Waals surface area contributed by atoms with Gasteiger partial charge in [-0.15, -0.1) is 11.8 Å². The van der Waals surface area contributed by atoms with E-state index in [4.69, 9.17) is 4.74 Å². The van der Waals surface area contributed by atoms with Crippen molar-refractivity contribution in [2.75, 3.05) is 26.0 Å². The van der Waals surface area contributed by atoms with Crippen LogP contribution in [0.1, 0.15) is 18.9 Å². The van der Waals surface area contributed by atoms with E-state index in [0.717, 1.165) is 25.4 Å². The van der Waals surface area contributed by atoms with Crippen LogP contribution in [0.3, 0.4) is 0 Å². The van der Waals surface area contributed by atoms with Crippen molar-refractivity contribution in [1.29, 1.82) is 0 Å². The molecule has 1 aromatic rings. The van der Waals surface area contributed by atoms with Gasteiger partial charge < -0.3 is 10.1 Å². The maximum atomic E-state index is 5.57. The number of hydrogen-bond acceptors (Lipinski definition) is 3. The number of thioether (sulfide) groups is 1. The fraction of sp³-hybridized carbons (Fsp3) is 0.571. The largest absolute Gasteiger partial charge is 0.380 e. The van der Waals surface area contributed by atoms with E-state index in [1.54, 1.807) is 0 Å². The smallest absolute Gasteiger partial charge is 0.0627 e. The second kappa shape index (κ2) is 8.56. The molecule has 96 valence electrons. The quantitative estimate of drug-likeness (QED) is 0.568. The molecule has 0 aliphatic carbocycles. The van der Waals surface area contributed by atoms with E-state index in [2.05, 4.69) is 43.4 Å². The lowest BCUT2D eigenvalue weighted by Crippen LogP contribution is -2.32. The van der Waals surface area contributed by atoms with Gasteiger partial charge in [0.2, 0.25) is 0 Å². The van der Waals surface area contributed by atoms with E-state index >= 15 is 0 Å². The molecule has 0 fully saturated rings. The molecule has 0 bridgehead atoms. The molecule has 0 aromatic heterocycles. The van der Waals surface area contributed by atoms with E-state index in [0.29, 0.717) is 6.04 Å². The minimum atomic E-state index is 0.424. The zero-order valence-corrected chi connectivity index (χ0v) is 11.8. The molecule has 2 nitrogen and oxygen atoms in total. The van der Waals surface area contributed by atoms with Crippen LogP contribution in [0.2, 0.25) is 0 Å². The molecule has 0 radical (unpaired) electrons. The van der Waals surface area contributed by atoms with Crippen LogP contribution in [0.15, 0.2) is 29.2 Å². The van der Waals surface area contributed by atoms with Gasteiger partial charge >= 0.3 is 0 Å². The zero-order chi connectivity index (χ0) is 12.5. The molecule has 0 aliphatic heterocycles. The SMILES string of the molecule is CCCOCC(CSc1ccc(C)cc1)NC. The van der Waals surface area contributed by atoms with Gasteiger partial charge in [-0.05, 0) is 32.5 Å². The van der Waals surface area contributed by atoms with Crippen molar-refractivity contribution in [3.8, 4) is 0 Å². The Hall–Kier alpha value is -0.510. The van der Waals surface area contributed by atoms with Crippen molar-refractivity contribution >= 4 is 11.8 Å². The third-order valence-electron chi connectivity index (χ3n) is 2.55. The number of likely N-dealkylation sites (N-methyl/N-ethyl adjacent to an activating group) is 1. The summed E-state index contributed by atoms with van der Waals surface area (Å²) in [5, 5.41) is 3.30. The van der Waals surface area contributed by atoms with E-state index < -0.39 is 0 Å². The number of nitrogens with one attached hydrogen (secondary N) is 1. The number of aryl methyl sites for hydroxylation is 1. The normalized spacial score (nSPS) is 12.6. The second-order valence-electron chi connectivity index (χ2n) is 4.18. The van der Waals surface area contributed by atoms with Crippen LogP contribution in [0.25, 0.3) is 0 Å². The summed E-state index contributed by atoms with van der Waals surface area (Å²) in [6.07, 6.45) is 1.08. The van der Waals surface area contributed by atoms with E-state index in [-0.39, 0.29) is 0 Å². The maximum Gasteiger partial charge on any atom is 0.0627 e. The first-order chi connectivity index (χ1) is 8.26. The maximum absolute atomic E-state index is 5.57. The van der Waals surface area contributed by atoms with Crippen LogP contribution in [-0.2, 0) is 4.74 Å². The van der Waals surface area contributed by atoms with Crippen molar-refractivity contribution in [2.24, 2.45) is 0 Å². The van der Waals surface area contributed by atoms with Gasteiger partial charge in [0.25, 0.3) is 0 Å². The minimum Gasteiger partial charge on any atom is -0.380 e. The third kappa shape index (κ3) is 6.10. The molecule has 1 N–H and O–H groups in total. The molecule has 0 saturated carbocycles. The Labute approximate surface area is 109 Å². The standard InChI is InChI=1S/C14H23NOS/c1-4-9-16-10-13(15-3)11-17-14-7-5-12(2)6-8-14/h5-8,13,15H,4,9-11H2,1-3H3. The molecule has 0 saturated heterocycles. The highest BCUT2D eigenvalue weighted by atomic mass is 32.2. The molecule has 1 aromatic carbocycles. The van der Waals surface area contributed by atoms with Crippen LogP contribution in [0, 0.1) is 6.92 Å². The average Bonchev–Trinajstić information content (AvgIpc) is 2.35. The summed E-state index contributed by atoms with van der Waals surface area (Å²) in [7, 11) is 2.00. The highest BCUT2D eigenvalue weighted by Crippen LogP contribution is 2.19. The van der Waals surface area contributed by atoms with Crippen LogP contribution in [0.4, 0.5) is 0 Å². The molecule has 1 atom stereocenters. The van der Waals surface area contributed by atoms with E-state index in [1.165, 1.54) is 10.5 Å². The second-order valence-corrected chi connectivity index (χ2v) is 5.28. The summed E-state index contributed by atoms with van der Waals surface area (Å²) in [5.41, 5.74) is 1.31. The Kier molecular flexibility index (Phi) is 7.33. The van der Waals surface area contributed by atoms with Gasteiger partial charge in [-0.1, -0.05) is 24.6 Å². The third-order valence-corrected chi connectivity index (χ3v) is 3.72. The summed E-state index contributed by atoms with van der Waals surface area (Å²) in [6, 6.07) is 9.10. The first-order valence-electron chi connectivity index (χ1n) is 6.20. The van der Waals surface area contributed by atoms with Crippen LogP contribution < -0.4 is 5.32 Å². The van der Waals surface area contributed by atoms with Gasteiger partial charge in [0, 0.05) is 23.3 Å². The molecule has 17 heavy (non-hydrogen) atoms. The number of ether oxygens (including phenoxy) is 1. The van der Waals surface area contributed by atoms with Crippen LogP contribution >= 0.6 is 11.8 Å². The van der Waals surface area contributed by atoms with Crippen LogP contribution in [-0.4, -0.2) is 32.1 Å². The monoisotopic (exact) mass is 253 g/mol. The fourth-order valence-electron chi connectivity index (χ4n) is 1.42. The average molecular weight is 253 g/mol. The minimum absolute atomic E-state index is 0.424. The molecular weight excluding hydrogens is 230 g/mol. The Balaban J connectivity index is 2.29. The molecule has 0 aliphatic rings. The Morgan fingerprint density at radius 2 is 2.00 bits per heavy atom. The van der Waals surface area contributed by atoms with Crippen molar-refractivity contribution in [3.63, 3.8) is 0 Å². The van der Waals surface area contributed by atoms with Gasteiger partial charge in [0.1, 0.15) is 0 Å². The lowest BCUT2D eigenvalue weighted by Gasteiger charge is -2.15. The predicted octanol–water partition coefficient (Wildman–Crippen LogP) is 3.10. The summed E-state index contributed by atoms with van der Waals surface area (Å²) < 4.78 is 5.57. The van der Waals surface area contributed by atoms with Gasteiger partial charge in [0.15, 0.2) is 0 Å². The summed E-state index contributed by atoms with van der Waals surface area (Å²) in [5.74, 6) is 1.04. The summed E-state index contributed by atoms with van der Waals surface area (Å²) in [4.78, 5) is 1.33.